The summed E-state index contributed by atoms with van der Waals surface area (Å²) in [5.74, 6) is 0.682. The third kappa shape index (κ3) is 4.40. The predicted molar refractivity (Wildman–Crippen MR) is 130 cm³/mol. The lowest BCUT2D eigenvalue weighted by atomic mass is 9.96. The second-order valence-corrected chi connectivity index (χ2v) is 9.62. The fourth-order valence-corrected chi connectivity index (χ4v) is 5.93. The van der Waals surface area contributed by atoms with Crippen LogP contribution in [0.4, 0.5) is 5.00 Å². The summed E-state index contributed by atoms with van der Waals surface area (Å²) >= 11 is 2.85. The van der Waals surface area contributed by atoms with E-state index in [4.69, 9.17) is 0 Å². The van der Waals surface area contributed by atoms with Gasteiger partial charge in [0.1, 0.15) is 11.1 Å². The van der Waals surface area contributed by atoms with E-state index in [0.717, 1.165) is 42.5 Å². The van der Waals surface area contributed by atoms with Crippen molar-refractivity contribution < 1.29 is 4.79 Å². The number of para-hydroxylation sites is 1. The number of nitrogens with zero attached hydrogens (tertiary/aromatic N) is 5. The first kappa shape index (κ1) is 21.4. The molecule has 7 nitrogen and oxygen atoms in total. The zero-order valence-corrected chi connectivity index (χ0v) is 19.3. The molecule has 0 saturated heterocycles. The number of rotatable bonds is 6. The number of hydrogen-bond acceptors (Lipinski definition) is 7. The number of carbonyl (C=O) groups is 1. The number of nitrogens with one attached hydrogen (secondary N) is 1. The molecule has 33 heavy (non-hydrogen) atoms. The van der Waals surface area contributed by atoms with Crippen LogP contribution < -0.4 is 5.32 Å². The number of benzene rings is 1. The van der Waals surface area contributed by atoms with Gasteiger partial charge in [-0.25, -0.2) is 0 Å². The number of aromatic nitrogens is 4. The summed E-state index contributed by atoms with van der Waals surface area (Å²) in [5, 5.41) is 22.6. The molecule has 3 aromatic heterocycles. The van der Waals surface area contributed by atoms with Crippen LogP contribution in [0.3, 0.4) is 0 Å². The van der Waals surface area contributed by atoms with E-state index >= 15 is 0 Å². The number of fused-ring (bicyclic) bond motifs is 1. The van der Waals surface area contributed by atoms with Gasteiger partial charge in [-0.1, -0.05) is 30.0 Å². The van der Waals surface area contributed by atoms with Crippen molar-refractivity contribution in [3.8, 4) is 23.1 Å². The second-order valence-electron chi connectivity index (χ2n) is 7.58. The summed E-state index contributed by atoms with van der Waals surface area (Å²) < 4.78 is 1.94. The minimum atomic E-state index is -0.164. The third-order valence-corrected chi connectivity index (χ3v) is 7.59. The monoisotopic (exact) mass is 472 g/mol. The molecule has 1 amide bonds. The van der Waals surface area contributed by atoms with E-state index in [-0.39, 0.29) is 11.7 Å². The van der Waals surface area contributed by atoms with E-state index in [0.29, 0.717) is 21.5 Å². The molecule has 0 unspecified atom stereocenters. The highest BCUT2D eigenvalue weighted by Crippen LogP contribution is 2.37. The van der Waals surface area contributed by atoms with Crippen LogP contribution in [-0.4, -0.2) is 31.4 Å². The molecule has 0 bridgehead atoms. The number of nitriles is 1. The molecule has 1 aliphatic carbocycles. The Labute approximate surface area is 199 Å². The number of thioether (sulfide) groups is 1. The second kappa shape index (κ2) is 9.57. The van der Waals surface area contributed by atoms with Gasteiger partial charge in [-0.05, 0) is 55.5 Å². The van der Waals surface area contributed by atoms with Gasteiger partial charge in [0.25, 0.3) is 0 Å². The van der Waals surface area contributed by atoms with Gasteiger partial charge in [-0.2, -0.15) is 5.26 Å². The van der Waals surface area contributed by atoms with Gasteiger partial charge in [0.05, 0.1) is 11.3 Å². The molecule has 0 spiro atoms. The Bertz CT molecular complexity index is 1320. The van der Waals surface area contributed by atoms with Crippen molar-refractivity contribution in [3.63, 3.8) is 0 Å². The molecule has 0 radical (unpaired) electrons. The van der Waals surface area contributed by atoms with Crippen molar-refractivity contribution in [2.75, 3.05) is 11.1 Å². The summed E-state index contributed by atoms with van der Waals surface area (Å²) in [4.78, 5) is 18.1. The number of thiophene rings is 1. The number of aryl methyl sites for hydroxylation is 1. The SMILES string of the molecule is N#Cc1c(NC(=O)CSc2nnc(-c3ccncc3)n2-c2ccccc2)sc2c1CCCC2. The molecular formula is C24H20N6OS2. The quantitative estimate of drug-likeness (QED) is 0.402. The lowest BCUT2D eigenvalue weighted by Crippen LogP contribution is -2.14. The minimum absolute atomic E-state index is 0.161. The zero-order valence-electron chi connectivity index (χ0n) is 17.7. The van der Waals surface area contributed by atoms with Crippen molar-refractivity contribution >= 4 is 34.0 Å². The van der Waals surface area contributed by atoms with Crippen LogP contribution in [0.5, 0.6) is 0 Å². The van der Waals surface area contributed by atoms with Crippen LogP contribution >= 0.6 is 23.1 Å². The van der Waals surface area contributed by atoms with Crippen molar-refractivity contribution in [1.82, 2.24) is 19.7 Å². The van der Waals surface area contributed by atoms with Crippen LogP contribution in [0.15, 0.2) is 60.0 Å². The van der Waals surface area contributed by atoms with E-state index in [9.17, 15) is 10.1 Å². The van der Waals surface area contributed by atoms with Gasteiger partial charge in [0.2, 0.25) is 5.91 Å². The van der Waals surface area contributed by atoms with E-state index < -0.39 is 0 Å². The van der Waals surface area contributed by atoms with Gasteiger partial charge < -0.3 is 5.32 Å². The lowest BCUT2D eigenvalue weighted by molar-refractivity contribution is -0.113. The van der Waals surface area contributed by atoms with Crippen molar-refractivity contribution in [2.24, 2.45) is 0 Å². The van der Waals surface area contributed by atoms with Crippen molar-refractivity contribution in [1.29, 1.82) is 5.26 Å². The summed E-state index contributed by atoms with van der Waals surface area (Å²) in [6.07, 6.45) is 7.56. The molecule has 5 rings (SSSR count). The van der Waals surface area contributed by atoms with Gasteiger partial charge in [-0.15, -0.1) is 21.5 Å². The summed E-state index contributed by atoms with van der Waals surface area (Å²) in [7, 11) is 0. The predicted octanol–water partition coefficient (Wildman–Crippen LogP) is 4.87. The number of carbonyl (C=O) groups excluding carboxylic acids is 1. The maximum absolute atomic E-state index is 12.8. The van der Waals surface area contributed by atoms with E-state index in [1.54, 1.807) is 12.4 Å². The highest BCUT2D eigenvalue weighted by Gasteiger charge is 2.22. The average molecular weight is 473 g/mol. The molecule has 0 fully saturated rings. The Kier molecular flexibility index (Phi) is 6.19. The van der Waals surface area contributed by atoms with Crippen LogP contribution in [0.1, 0.15) is 28.8 Å². The maximum atomic E-state index is 12.8. The molecule has 0 saturated carbocycles. The Morgan fingerprint density at radius 2 is 1.91 bits per heavy atom. The number of hydrogen-bond donors (Lipinski definition) is 1. The first-order chi connectivity index (χ1) is 16.2. The lowest BCUT2D eigenvalue weighted by Gasteiger charge is -2.10. The smallest absolute Gasteiger partial charge is 0.235 e. The van der Waals surface area contributed by atoms with Crippen molar-refractivity contribution in [2.45, 2.75) is 30.8 Å². The fourth-order valence-electron chi connectivity index (χ4n) is 3.93. The molecule has 3 heterocycles. The van der Waals surface area contributed by atoms with Crippen LogP contribution in [0.2, 0.25) is 0 Å². The Balaban J connectivity index is 1.37. The Morgan fingerprint density at radius 1 is 1.12 bits per heavy atom. The largest absolute Gasteiger partial charge is 0.316 e. The highest BCUT2D eigenvalue weighted by atomic mass is 32.2. The Morgan fingerprint density at radius 3 is 2.70 bits per heavy atom. The maximum Gasteiger partial charge on any atom is 0.235 e. The molecule has 1 aliphatic rings. The summed E-state index contributed by atoms with van der Waals surface area (Å²) in [6, 6.07) is 15.9. The molecule has 1 N–H and O–H groups in total. The first-order valence-corrected chi connectivity index (χ1v) is 12.4. The summed E-state index contributed by atoms with van der Waals surface area (Å²) in [5.41, 5.74) is 3.54. The minimum Gasteiger partial charge on any atom is -0.316 e. The topological polar surface area (TPSA) is 96.5 Å². The van der Waals surface area contributed by atoms with Gasteiger partial charge in [0, 0.05) is 28.5 Å². The van der Waals surface area contributed by atoms with E-state index in [1.165, 1.54) is 28.0 Å². The normalized spacial score (nSPS) is 12.7. The van der Waals surface area contributed by atoms with E-state index in [2.05, 4.69) is 26.6 Å². The number of pyridine rings is 1. The molecule has 0 atom stereocenters. The standard InChI is InChI=1S/C24H20N6OS2/c25-14-19-18-8-4-5-9-20(18)33-23(19)27-21(31)15-32-24-29-28-22(16-10-12-26-13-11-16)30(24)17-6-2-1-3-7-17/h1-3,6-7,10-13H,4-5,8-9,15H2,(H,27,31). The molecule has 9 heteroatoms. The molecule has 0 aliphatic heterocycles. The first-order valence-electron chi connectivity index (χ1n) is 10.6. The molecular weight excluding hydrogens is 452 g/mol. The average Bonchev–Trinajstić information content (AvgIpc) is 3.44. The van der Waals surface area contributed by atoms with Gasteiger partial charge in [0.15, 0.2) is 11.0 Å². The number of amides is 1. The zero-order chi connectivity index (χ0) is 22.6. The summed E-state index contributed by atoms with van der Waals surface area (Å²) in [6.45, 7) is 0. The van der Waals surface area contributed by atoms with Crippen LogP contribution in [0.25, 0.3) is 17.1 Å². The highest BCUT2D eigenvalue weighted by molar-refractivity contribution is 7.99. The van der Waals surface area contributed by atoms with Crippen LogP contribution in [0, 0.1) is 11.3 Å². The molecule has 164 valence electrons. The van der Waals surface area contributed by atoms with Gasteiger partial charge >= 0.3 is 0 Å². The van der Waals surface area contributed by atoms with Gasteiger partial charge in [-0.3, -0.25) is 14.3 Å². The van der Waals surface area contributed by atoms with Crippen LogP contribution in [-0.2, 0) is 17.6 Å². The molecule has 1 aromatic carbocycles. The van der Waals surface area contributed by atoms with E-state index in [1.807, 2.05) is 47.0 Å². The Hall–Kier alpha value is -3.48. The molecule has 4 aromatic rings. The van der Waals surface area contributed by atoms with Crippen molar-refractivity contribution in [3.05, 3.63) is 70.9 Å². The number of anilines is 1. The third-order valence-electron chi connectivity index (χ3n) is 5.45. The fraction of sp³-hybridized carbons (Fsp3) is 0.208.